The molecule has 0 spiro atoms. The van der Waals surface area contributed by atoms with Crippen LogP contribution in [0, 0.1) is 0 Å². The molecule has 1 aromatic heterocycles. The molecule has 3 rings (SSSR count). The smallest absolute Gasteiger partial charge is 0.335 e. The monoisotopic (exact) mass is 313 g/mol. The predicted octanol–water partition coefficient (Wildman–Crippen LogP) is 3.47. The van der Waals surface area contributed by atoms with Crippen molar-refractivity contribution in [3.8, 4) is 16.8 Å². The van der Waals surface area contributed by atoms with E-state index in [1.807, 2.05) is 12.1 Å². The van der Waals surface area contributed by atoms with E-state index in [-0.39, 0.29) is 5.56 Å². The fourth-order valence-electron chi connectivity index (χ4n) is 2.16. The Hall–Kier alpha value is -2.79. The maximum Gasteiger partial charge on any atom is 0.335 e. The highest BCUT2D eigenvalue weighted by Gasteiger charge is 2.11. The van der Waals surface area contributed by atoms with E-state index in [1.54, 1.807) is 35.1 Å². The number of carbonyl (C=O) groups is 1. The molecule has 110 valence electrons. The first-order chi connectivity index (χ1) is 10.6. The summed E-state index contributed by atoms with van der Waals surface area (Å²) in [6, 6.07) is 13.7. The molecular formula is C16H12ClN3O2. The zero-order chi connectivity index (χ0) is 15.7. The molecule has 1 heterocycles. The normalized spacial score (nSPS) is 10.6. The van der Waals surface area contributed by atoms with Crippen LogP contribution in [0.4, 0.5) is 5.82 Å². The maximum absolute atomic E-state index is 10.9. The Morgan fingerprint density at radius 2 is 1.73 bits per heavy atom. The first kappa shape index (κ1) is 14.2. The Morgan fingerprint density at radius 3 is 2.32 bits per heavy atom. The van der Waals surface area contributed by atoms with Gasteiger partial charge >= 0.3 is 5.97 Å². The molecule has 0 aliphatic heterocycles. The summed E-state index contributed by atoms with van der Waals surface area (Å²) in [7, 11) is 0. The number of anilines is 1. The maximum atomic E-state index is 10.9. The summed E-state index contributed by atoms with van der Waals surface area (Å²) in [4.78, 5) is 10.9. The van der Waals surface area contributed by atoms with Gasteiger partial charge in [0.15, 0.2) is 0 Å². The number of carboxylic acids is 1. The average Bonchev–Trinajstić information content (AvgIpc) is 2.90. The number of carboxylic acid groups (broad SMARTS) is 1. The number of hydrogen-bond donors (Lipinski definition) is 2. The molecule has 3 N–H and O–H groups in total. The van der Waals surface area contributed by atoms with Gasteiger partial charge in [-0.3, -0.25) is 0 Å². The van der Waals surface area contributed by atoms with Gasteiger partial charge in [-0.25, -0.2) is 9.48 Å². The average molecular weight is 314 g/mol. The molecule has 0 aliphatic rings. The standard InChI is InChI=1S/C16H12ClN3O2/c17-12-5-1-10(2-6-12)14-9-19-20(15(14)18)13-7-3-11(4-8-13)16(21)22/h1-9H,18H2,(H,21,22). The van der Waals surface area contributed by atoms with E-state index >= 15 is 0 Å². The fraction of sp³-hybridized carbons (Fsp3) is 0. The molecular weight excluding hydrogens is 302 g/mol. The predicted molar refractivity (Wildman–Crippen MR) is 85.4 cm³/mol. The molecule has 22 heavy (non-hydrogen) atoms. The number of rotatable bonds is 3. The zero-order valence-electron chi connectivity index (χ0n) is 11.4. The molecule has 0 unspecified atom stereocenters. The molecule has 5 nitrogen and oxygen atoms in total. The minimum atomic E-state index is -0.971. The van der Waals surface area contributed by atoms with E-state index in [4.69, 9.17) is 22.4 Å². The van der Waals surface area contributed by atoms with Crippen LogP contribution in [0.3, 0.4) is 0 Å². The molecule has 0 radical (unpaired) electrons. The summed E-state index contributed by atoms with van der Waals surface area (Å²) in [5, 5.41) is 13.8. The van der Waals surface area contributed by atoms with Gasteiger partial charge in [0.25, 0.3) is 0 Å². The quantitative estimate of drug-likeness (QED) is 0.775. The Labute approximate surface area is 131 Å². The van der Waals surface area contributed by atoms with Gasteiger partial charge in [0.2, 0.25) is 0 Å². The van der Waals surface area contributed by atoms with Crippen molar-refractivity contribution in [3.63, 3.8) is 0 Å². The first-order valence-corrected chi connectivity index (χ1v) is 6.87. The number of nitrogens with two attached hydrogens (primary N) is 1. The molecule has 0 bridgehead atoms. The lowest BCUT2D eigenvalue weighted by atomic mass is 10.1. The van der Waals surface area contributed by atoms with Gasteiger partial charge in [0, 0.05) is 10.6 Å². The molecule has 0 atom stereocenters. The molecule has 6 heteroatoms. The van der Waals surface area contributed by atoms with E-state index < -0.39 is 5.97 Å². The number of aromatic carboxylic acids is 1. The van der Waals surface area contributed by atoms with Gasteiger partial charge in [-0.15, -0.1) is 0 Å². The lowest BCUT2D eigenvalue weighted by Crippen LogP contribution is -2.03. The van der Waals surface area contributed by atoms with Crippen LogP contribution in [0.25, 0.3) is 16.8 Å². The summed E-state index contributed by atoms with van der Waals surface area (Å²) >= 11 is 5.88. The second-order valence-electron chi connectivity index (χ2n) is 4.71. The minimum absolute atomic E-state index is 0.215. The number of benzene rings is 2. The van der Waals surface area contributed by atoms with Gasteiger partial charge in [-0.1, -0.05) is 23.7 Å². The van der Waals surface area contributed by atoms with E-state index in [9.17, 15) is 4.79 Å². The SMILES string of the molecule is Nc1c(-c2ccc(Cl)cc2)cnn1-c1ccc(C(=O)O)cc1. The van der Waals surface area contributed by atoms with Crippen molar-refractivity contribution in [3.05, 3.63) is 65.3 Å². The fourth-order valence-corrected chi connectivity index (χ4v) is 2.29. The van der Waals surface area contributed by atoms with Gasteiger partial charge < -0.3 is 10.8 Å². The molecule has 0 fully saturated rings. The van der Waals surface area contributed by atoms with Gasteiger partial charge in [0.1, 0.15) is 5.82 Å². The van der Waals surface area contributed by atoms with Crippen LogP contribution >= 0.6 is 11.6 Å². The summed E-state index contributed by atoms with van der Waals surface area (Å²) < 4.78 is 1.57. The summed E-state index contributed by atoms with van der Waals surface area (Å²) in [5.74, 6) is -0.493. The highest BCUT2D eigenvalue weighted by Crippen LogP contribution is 2.28. The lowest BCUT2D eigenvalue weighted by molar-refractivity contribution is 0.0697. The highest BCUT2D eigenvalue weighted by molar-refractivity contribution is 6.30. The second kappa shape index (κ2) is 5.54. The Morgan fingerprint density at radius 1 is 1.09 bits per heavy atom. The van der Waals surface area contributed by atoms with Crippen LogP contribution in [0.2, 0.25) is 5.02 Å². The summed E-state index contributed by atoms with van der Waals surface area (Å²) in [5.41, 5.74) is 8.77. The van der Waals surface area contributed by atoms with Crippen molar-refractivity contribution in [2.45, 2.75) is 0 Å². The lowest BCUT2D eigenvalue weighted by Gasteiger charge is -2.06. The van der Waals surface area contributed by atoms with Crippen LogP contribution in [0.1, 0.15) is 10.4 Å². The topological polar surface area (TPSA) is 81.1 Å². The van der Waals surface area contributed by atoms with Crippen LogP contribution in [-0.4, -0.2) is 20.9 Å². The molecule has 0 aliphatic carbocycles. The number of halogens is 1. The number of nitrogen functional groups attached to an aromatic ring is 1. The van der Waals surface area contributed by atoms with Crippen LogP contribution in [0.15, 0.2) is 54.7 Å². The molecule has 0 saturated heterocycles. The van der Waals surface area contributed by atoms with E-state index in [2.05, 4.69) is 5.10 Å². The van der Waals surface area contributed by atoms with Crippen molar-refractivity contribution in [2.75, 3.05) is 5.73 Å². The van der Waals surface area contributed by atoms with Crippen LogP contribution in [-0.2, 0) is 0 Å². The third-order valence-electron chi connectivity index (χ3n) is 3.32. The van der Waals surface area contributed by atoms with Crippen molar-refractivity contribution >= 4 is 23.4 Å². The second-order valence-corrected chi connectivity index (χ2v) is 5.15. The number of hydrogen-bond acceptors (Lipinski definition) is 3. The Balaban J connectivity index is 1.99. The van der Waals surface area contributed by atoms with Crippen molar-refractivity contribution in [1.82, 2.24) is 9.78 Å². The number of aromatic nitrogens is 2. The van der Waals surface area contributed by atoms with Crippen molar-refractivity contribution in [2.24, 2.45) is 0 Å². The molecule has 2 aromatic carbocycles. The van der Waals surface area contributed by atoms with Crippen molar-refractivity contribution < 1.29 is 9.90 Å². The molecule has 0 amide bonds. The van der Waals surface area contributed by atoms with Crippen LogP contribution < -0.4 is 5.73 Å². The third-order valence-corrected chi connectivity index (χ3v) is 3.57. The Kier molecular flexibility index (Phi) is 3.56. The third kappa shape index (κ3) is 2.54. The first-order valence-electron chi connectivity index (χ1n) is 6.49. The van der Waals surface area contributed by atoms with Gasteiger partial charge in [0.05, 0.1) is 17.4 Å². The zero-order valence-corrected chi connectivity index (χ0v) is 12.2. The van der Waals surface area contributed by atoms with Crippen LogP contribution in [0.5, 0.6) is 0 Å². The van der Waals surface area contributed by atoms with Gasteiger partial charge in [-0.2, -0.15) is 5.10 Å². The highest BCUT2D eigenvalue weighted by atomic mass is 35.5. The molecule has 0 saturated carbocycles. The van der Waals surface area contributed by atoms with E-state index in [0.29, 0.717) is 16.5 Å². The Bertz CT molecular complexity index is 824. The van der Waals surface area contributed by atoms with E-state index in [0.717, 1.165) is 11.1 Å². The van der Waals surface area contributed by atoms with Gasteiger partial charge in [-0.05, 0) is 42.0 Å². The van der Waals surface area contributed by atoms with E-state index in [1.165, 1.54) is 12.1 Å². The van der Waals surface area contributed by atoms with Crippen molar-refractivity contribution in [1.29, 1.82) is 0 Å². The summed E-state index contributed by atoms with van der Waals surface area (Å²) in [6.07, 6.45) is 1.67. The number of nitrogens with zero attached hydrogens (tertiary/aromatic N) is 2. The summed E-state index contributed by atoms with van der Waals surface area (Å²) in [6.45, 7) is 0. The minimum Gasteiger partial charge on any atom is -0.478 e. The largest absolute Gasteiger partial charge is 0.478 e. The molecule has 3 aromatic rings.